The number of aromatic nitrogens is 3. The maximum absolute atomic E-state index is 12.3. The zero-order valence-electron chi connectivity index (χ0n) is 15.2. The lowest BCUT2D eigenvalue weighted by Crippen LogP contribution is -2.15. The van der Waals surface area contributed by atoms with Crippen molar-refractivity contribution in [3.63, 3.8) is 0 Å². The standard InChI is InChI=1S/C19H22N4OS2/c1-4-7-23-18(16-6-5-8-25-16)21-22-19(23)26-12-17(24)20-15-10-13(2)9-14(3)11-15/h5-6,8-11H,4,7,12H2,1-3H3,(H,20,24). The Kier molecular flexibility index (Phi) is 6.11. The molecule has 0 radical (unpaired) electrons. The smallest absolute Gasteiger partial charge is 0.234 e. The lowest BCUT2D eigenvalue weighted by Gasteiger charge is -2.09. The molecule has 0 unspecified atom stereocenters. The maximum Gasteiger partial charge on any atom is 0.234 e. The van der Waals surface area contributed by atoms with Crippen LogP contribution < -0.4 is 5.32 Å². The molecule has 2 heterocycles. The van der Waals surface area contributed by atoms with Gasteiger partial charge in [-0.1, -0.05) is 30.8 Å². The number of hydrogen-bond acceptors (Lipinski definition) is 5. The number of nitrogens with zero attached hydrogens (tertiary/aromatic N) is 3. The van der Waals surface area contributed by atoms with E-state index in [4.69, 9.17) is 0 Å². The van der Waals surface area contributed by atoms with E-state index in [1.807, 2.05) is 43.5 Å². The SMILES string of the molecule is CCCn1c(SCC(=O)Nc2cc(C)cc(C)c2)nnc1-c1cccs1. The summed E-state index contributed by atoms with van der Waals surface area (Å²) in [5.41, 5.74) is 3.11. The first-order valence-corrected chi connectivity index (χ1v) is 10.4. The number of hydrogen-bond donors (Lipinski definition) is 1. The average Bonchev–Trinajstić information content (AvgIpc) is 3.22. The van der Waals surface area contributed by atoms with Gasteiger partial charge >= 0.3 is 0 Å². The number of carbonyl (C=O) groups is 1. The molecule has 7 heteroatoms. The summed E-state index contributed by atoms with van der Waals surface area (Å²) in [6.45, 7) is 7.01. The molecule has 0 spiro atoms. The molecule has 0 aliphatic carbocycles. The Balaban J connectivity index is 1.68. The summed E-state index contributed by atoms with van der Waals surface area (Å²) in [6, 6.07) is 10.1. The number of amides is 1. The van der Waals surface area contributed by atoms with E-state index in [2.05, 4.69) is 33.1 Å². The van der Waals surface area contributed by atoms with E-state index in [1.54, 1.807) is 11.3 Å². The number of thiophene rings is 1. The number of rotatable bonds is 7. The second kappa shape index (κ2) is 8.51. The van der Waals surface area contributed by atoms with Crippen LogP contribution in [0.4, 0.5) is 5.69 Å². The van der Waals surface area contributed by atoms with Crippen LogP contribution in [0.2, 0.25) is 0 Å². The van der Waals surface area contributed by atoms with Gasteiger partial charge in [0.05, 0.1) is 10.6 Å². The molecule has 0 fully saturated rings. The highest BCUT2D eigenvalue weighted by atomic mass is 32.2. The molecule has 2 aromatic heterocycles. The fraction of sp³-hybridized carbons (Fsp3) is 0.316. The Morgan fingerprint density at radius 2 is 2.00 bits per heavy atom. The second-order valence-corrected chi connectivity index (χ2v) is 8.04. The third-order valence-electron chi connectivity index (χ3n) is 3.74. The fourth-order valence-electron chi connectivity index (χ4n) is 2.78. The monoisotopic (exact) mass is 386 g/mol. The van der Waals surface area contributed by atoms with Gasteiger partial charge in [-0.25, -0.2) is 0 Å². The van der Waals surface area contributed by atoms with Crippen LogP contribution in [-0.4, -0.2) is 26.4 Å². The molecule has 3 aromatic rings. The molecule has 0 atom stereocenters. The number of anilines is 1. The van der Waals surface area contributed by atoms with Crippen molar-refractivity contribution in [1.82, 2.24) is 14.8 Å². The fourth-order valence-corrected chi connectivity index (χ4v) is 4.26. The van der Waals surface area contributed by atoms with Crippen LogP contribution in [0.3, 0.4) is 0 Å². The molecule has 0 saturated heterocycles. The van der Waals surface area contributed by atoms with Crippen molar-refractivity contribution in [3.8, 4) is 10.7 Å². The Bertz CT molecular complexity index is 867. The highest BCUT2D eigenvalue weighted by Gasteiger charge is 2.16. The molecule has 1 N–H and O–H groups in total. The summed E-state index contributed by atoms with van der Waals surface area (Å²) in [6.07, 6.45) is 0.985. The van der Waals surface area contributed by atoms with Crippen LogP contribution in [0.15, 0.2) is 40.9 Å². The van der Waals surface area contributed by atoms with Crippen LogP contribution in [0.25, 0.3) is 10.7 Å². The summed E-state index contributed by atoms with van der Waals surface area (Å²) in [4.78, 5) is 13.4. The number of benzene rings is 1. The van der Waals surface area contributed by atoms with Gasteiger partial charge in [0.2, 0.25) is 5.91 Å². The molecular formula is C19H22N4OS2. The van der Waals surface area contributed by atoms with Crippen molar-refractivity contribution in [2.45, 2.75) is 38.9 Å². The Morgan fingerprint density at radius 3 is 2.65 bits per heavy atom. The van der Waals surface area contributed by atoms with Crippen molar-refractivity contribution in [1.29, 1.82) is 0 Å². The van der Waals surface area contributed by atoms with E-state index >= 15 is 0 Å². The van der Waals surface area contributed by atoms with Crippen LogP contribution in [0.1, 0.15) is 24.5 Å². The van der Waals surface area contributed by atoms with Crippen molar-refractivity contribution in [2.75, 3.05) is 11.1 Å². The average molecular weight is 387 g/mol. The van der Waals surface area contributed by atoms with E-state index < -0.39 is 0 Å². The maximum atomic E-state index is 12.3. The number of thioether (sulfide) groups is 1. The van der Waals surface area contributed by atoms with Gasteiger partial charge in [0.25, 0.3) is 0 Å². The molecule has 0 bridgehead atoms. The first-order chi connectivity index (χ1) is 12.6. The molecule has 5 nitrogen and oxygen atoms in total. The zero-order chi connectivity index (χ0) is 18.5. The van der Waals surface area contributed by atoms with E-state index in [0.29, 0.717) is 5.75 Å². The van der Waals surface area contributed by atoms with Gasteiger partial charge in [-0.05, 0) is 55.0 Å². The van der Waals surface area contributed by atoms with Crippen LogP contribution in [0, 0.1) is 13.8 Å². The molecule has 136 valence electrons. The van der Waals surface area contributed by atoms with E-state index in [-0.39, 0.29) is 5.91 Å². The minimum absolute atomic E-state index is 0.0382. The van der Waals surface area contributed by atoms with Gasteiger partial charge in [0.1, 0.15) is 0 Å². The van der Waals surface area contributed by atoms with Gasteiger partial charge in [-0.15, -0.1) is 21.5 Å². The second-order valence-electron chi connectivity index (χ2n) is 6.15. The summed E-state index contributed by atoms with van der Waals surface area (Å²) in [5, 5.41) is 14.4. The van der Waals surface area contributed by atoms with Crippen LogP contribution in [0.5, 0.6) is 0 Å². The number of carbonyl (C=O) groups excluding carboxylic acids is 1. The summed E-state index contributed by atoms with van der Waals surface area (Å²) >= 11 is 3.07. The van der Waals surface area contributed by atoms with Crippen molar-refractivity contribution in [3.05, 3.63) is 46.8 Å². The molecule has 26 heavy (non-hydrogen) atoms. The molecule has 0 aliphatic heterocycles. The van der Waals surface area contributed by atoms with E-state index in [1.165, 1.54) is 11.8 Å². The predicted octanol–water partition coefficient (Wildman–Crippen LogP) is 4.76. The molecule has 1 amide bonds. The van der Waals surface area contributed by atoms with Crippen molar-refractivity contribution >= 4 is 34.7 Å². The Hall–Kier alpha value is -2.12. The van der Waals surface area contributed by atoms with Gasteiger partial charge in [-0.3, -0.25) is 4.79 Å². The Morgan fingerprint density at radius 1 is 1.23 bits per heavy atom. The number of aryl methyl sites for hydroxylation is 2. The minimum atomic E-state index is -0.0382. The summed E-state index contributed by atoms with van der Waals surface area (Å²) in [7, 11) is 0. The van der Waals surface area contributed by atoms with Gasteiger partial charge < -0.3 is 9.88 Å². The largest absolute Gasteiger partial charge is 0.325 e. The lowest BCUT2D eigenvalue weighted by atomic mass is 10.1. The Labute approximate surface area is 161 Å². The highest BCUT2D eigenvalue weighted by molar-refractivity contribution is 7.99. The third kappa shape index (κ3) is 4.53. The van der Waals surface area contributed by atoms with Gasteiger partial charge in [-0.2, -0.15) is 0 Å². The topological polar surface area (TPSA) is 59.8 Å². The lowest BCUT2D eigenvalue weighted by molar-refractivity contribution is -0.113. The van der Waals surface area contributed by atoms with Gasteiger partial charge in [0.15, 0.2) is 11.0 Å². The molecular weight excluding hydrogens is 364 g/mol. The van der Waals surface area contributed by atoms with Crippen molar-refractivity contribution < 1.29 is 4.79 Å². The molecule has 3 rings (SSSR count). The predicted molar refractivity (Wildman–Crippen MR) is 109 cm³/mol. The number of nitrogens with one attached hydrogen (secondary N) is 1. The summed E-state index contributed by atoms with van der Waals surface area (Å²) < 4.78 is 2.10. The molecule has 0 aliphatic rings. The van der Waals surface area contributed by atoms with Crippen LogP contribution >= 0.6 is 23.1 Å². The highest BCUT2D eigenvalue weighted by Crippen LogP contribution is 2.27. The van der Waals surface area contributed by atoms with Crippen LogP contribution in [-0.2, 0) is 11.3 Å². The first-order valence-electron chi connectivity index (χ1n) is 8.55. The zero-order valence-corrected chi connectivity index (χ0v) is 16.8. The summed E-state index contributed by atoms with van der Waals surface area (Å²) in [5.74, 6) is 1.14. The minimum Gasteiger partial charge on any atom is -0.325 e. The molecule has 0 saturated carbocycles. The first kappa shape index (κ1) is 18.7. The van der Waals surface area contributed by atoms with Crippen molar-refractivity contribution in [2.24, 2.45) is 0 Å². The third-order valence-corrected chi connectivity index (χ3v) is 5.58. The van der Waals surface area contributed by atoms with Gasteiger partial charge in [0, 0.05) is 12.2 Å². The van der Waals surface area contributed by atoms with E-state index in [9.17, 15) is 4.79 Å². The van der Waals surface area contributed by atoms with E-state index in [0.717, 1.165) is 45.6 Å². The quantitative estimate of drug-likeness (QED) is 0.595. The normalized spacial score (nSPS) is 10.9. The molecule has 1 aromatic carbocycles.